The summed E-state index contributed by atoms with van der Waals surface area (Å²) in [6, 6.07) is 5.08. The van der Waals surface area contributed by atoms with Crippen LogP contribution in [0.4, 0.5) is 13.2 Å². The molecule has 1 aromatic carbocycles. The Morgan fingerprint density at radius 2 is 2.00 bits per heavy atom. The first kappa shape index (κ1) is 12.0. The molecule has 0 saturated heterocycles. The summed E-state index contributed by atoms with van der Waals surface area (Å²) in [5.41, 5.74) is 0.724. The van der Waals surface area contributed by atoms with E-state index < -0.39 is 11.9 Å². The molecule has 17 heavy (non-hydrogen) atoms. The SMILES string of the molecule is Cc1ccc2[nH]c(C(F)(F)F)c(CCO)c2c1. The number of halogens is 3. The van der Waals surface area contributed by atoms with Crippen molar-refractivity contribution in [2.75, 3.05) is 6.61 Å². The molecule has 2 N–H and O–H groups in total. The maximum atomic E-state index is 12.8. The first-order valence-electron chi connectivity index (χ1n) is 5.22. The molecule has 0 atom stereocenters. The van der Waals surface area contributed by atoms with Crippen molar-refractivity contribution in [2.24, 2.45) is 0 Å². The summed E-state index contributed by atoms with van der Waals surface area (Å²) >= 11 is 0. The summed E-state index contributed by atoms with van der Waals surface area (Å²) in [6.07, 6.45) is -4.42. The number of aliphatic hydroxyl groups is 1. The third kappa shape index (κ3) is 2.15. The Balaban J connectivity index is 2.71. The van der Waals surface area contributed by atoms with E-state index in [9.17, 15) is 13.2 Å². The van der Waals surface area contributed by atoms with Crippen LogP contribution in [0.25, 0.3) is 10.9 Å². The zero-order chi connectivity index (χ0) is 12.6. The number of aliphatic hydroxyl groups excluding tert-OH is 1. The number of hydrogen-bond acceptors (Lipinski definition) is 1. The minimum atomic E-state index is -4.42. The van der Waals surface area contributed by atoms with Gasteiger partial charge in [-0.15, -0.1) is 0 Å². The monoisotopic (exact) mass is 243 g/mol. The average molecular weight is 243 g/mol. The van der Waals surface area contributed by atoms with E-state index in [1.165, 1.54) is 0 Å². The number of H-pyrrole nitrogens is 1. The lowest BCUT2D eigenvalue weighted by atomic mass is 10.1. The molecule has 2 rings (SSSR count). The predicted octanol–water partition coefficient (Wildman–Crippen LogP) is 3.03. The molecule has 0 fully saturated rings. The number of fused-ring (bicyclic) bond motifs is 1. The topological polar surface area (TPSA) is 36.0 Å². The van der Waals surface area contributed by atoms with Gasteiger partial charge < -0.3 is 10.1 Å². The first-order chi connectivity index (χ1) is 7.93. The minimum Gasteiger partial charge on any atom is -0.396 e. The van der Waals surface area contributed by atoms with Gasteiger partial charge in [0.15, 0.2) is 0 Å². The van der Waals surface area contributed by atoms with Crippen LogP contribution >= 0.6 is 0 Å². The standard InChI is InChI=1S/C12H12F3NO/c1-7-2-3-10-9(6-7)8(4-5-17)11(16-10)12(13,14)15/h2-3,6,16-17H,4-5H2,1H3. The van der Waals surface area contributed by atoms with Crippen molar-refractivity contribution < 1.29 is 18.3 Å². The van der Waals surface area contributed by atoms with Crippen LogP contribution in [0.1, 0.15) is 16.8 Å². The number of hydrogen-bond donors (Lipinski definition) is 2. The van der Waals surface area contributed by atoms with Crippen molar-refractivity contribution in [3.05, 3.63) is 35.0 Å². The smallest absolute Gasteiger partial charge is 0.396 e. The Hall–Kier alpha value is -1.49. The number of aromatic nitrogens is 1. The molecule has 1 heterocycles. The van der Waals surface area contributed by atoms with Gasteiger partial charge in [-0.3, -0.25) is 0 Å². The number of aromatic amines is 1. The fraction of sp³-hybridized carbons (Fsp3) is 0.333. The second-order valence-electron chi connectivity index (χ2n) is 4.00. The van der Waals surface area contributed by atoms with Crippen LogP contribution in [0.5, 0.6) is 0 Å². The van der Waals surface area contributed by atoms with Gasteiger partial charge in [-0.1, -0.05) is 11.6 Å². The predicted molar refractivity (Wildman–Crippen MR) is 58.8 cm³/mol. The average Bonchev–Trinajstić information content (AvgIpc) is 2.57. The second-order valence-corrected chi connectivity index (χ2v) is 4.00. The normalized spacial score (nSPS) is 12.3. The Kier molecular flexibility index (Phi) is 2.87. The number of rotatable bonds is 2. The Bertz CT molecular complexity index is 542. The lowest BCUT2D eigenvalue weighted by Gasteiger charge is -2.07. The van der Waals surface area contributed by atoms with Crippen molar-refractivity contribution >= 4 is 10.9 Å². The van der Waals surface area contributed by atoms with E-state index in [-0.39, 0.29) is 18.6 Å². The quantitative estimate of drug-likeness (QED) is 0.835. The minimum absolute atomic E-state index is 0.00169. The Morgan fingerprint density at radius 3 is 2.59 bits per heavy atom. The fourth-order valence-corrected chi connectivity index (χ4v) is 1.97. The van der Waals surface area contributed by atoms with Gasteiger partial charge in [0.1, 0.15) is 5.69 Å². The van der Waals surface area contributed by atoms with Crippen LogP contribution in [0.3, 0.4) is 0 Å². The summed E-state index contributed by atoms with van der Waals surface area (Å²) in [6.45, 7) is 1.52. The van der Waals surface area contributed by atoms with E-state index in [1.54, 1.807) is 18.2 Å². The molecule has 2 aromatic rings. The summed E-state index contributed by atoms with van der Waals surface area (Å²) in [4.78, 5) is 2.38. The van der Waals surface area contributed by atoms with Gasteiger partial charge in [0.25, 0.3) is 0 Å². The number of benzene rings is 1. The summed E-state index contributed by atoms with van der Waals surface area (Å²) in [5, 5.41) is 9.41. The highest BCUT2D eigenvalue weighted by Crippen LogP contribution is 2.35. The Morgan fingerprint density at radius 1 is 1.29 bits per heavy atom. The van der Waals surface area contributed by atoms with Gasteiger partial charge >= 0.3 is 6.18 Å². The van der Waals surface area contributed by atoms with Gasteiger partial charge in [-0.05, 0) is 31.0 Å². The van der Waals surface area contributed by atoms with Gasteiger partial charge in [0, 0.05) is 17.5 Å². The number of nitrogens with one attached hydrogen (secondary N) is 1. The molecule has 0 aliphatic rings. The lowest BCUT2D eigenvalue weighted by Crippen LogP contribution is -2.09. The van der Waals surface area contributed by atoms with E-state index in [2.05, 4.69) is 4.98 Å². The van der Waals surface area contributed by atoms with Crippen LogP contribution in [-0.4, -0.2) is 16.7 Å². The van der Waals surface area contributed by atoms with Crippen LogP contribution in [0.15, 0.2) is 18.2 Å². The third-order valence-corrected chi connectivity index (χ3v) is 2.71. The molecule has 1 aromatic heterocycles. The van der Waals surface area contributed by atoms with Gasteiger partial charge in [0.2, 0.25) is 0 Å². The highest BCUT2D eigenvalue weighted by molar-refractivity contribution is 5.85. The highest BCUT2D eigenvalue weighted by Gasteiger charge is 2.36. The molecule has 0 radical (unpaired) electrons. The van der Waals surface area contributed by atoms with Crippen molar-refractivity contribution in [1.29, 1.82) is 0 Å². The Labute approximate surface area is 96.1 Å². The van der Waals surface area contributed by atoms with Crippen LogP contribution < -0.4 is 0 Å². The van der Waals surface area contributed by atoms with Crippen molar-refractivity contribution in [2.45, 2.75) is 19.5 Å². The van der Waals surface area contributed by atoms with Gasteiger partial charge in [-0.2, -0.15) is 13.2 Å². The summed E-state index contributed by atoms with van der Waals surface area (Å²) < 4.78 is 38.4. The fourth-order valence-electron chi connectivity index (χ4n) is 1.97. The van der Waals surface area contributed by atoms with Crippen molar-refractivity contribution in [1.82, 2.24) is 4.98 Å². The molecular weight excluding hydrogens is 231 g/mol. The van der Waals surface area contributed by atoms with E-state index in [0.717, 1.165) is 5.56 Å². The number of aryl methyl sites for hydroxylation is 1. The molecule has 5 heteroatoms. The second kappa shape index (κ2) is 4.07. The van der Waals surface area contributed by atoms with E-state index in [1.807, 2.05) is 6.92 Å². The molecule has 0 unspecified atom stereocenters. The van der Waals surface area contributed by atoms with Crippen LogP contribution in [-0.2, 0) is 12.6 Å². The summed E-state index contributed by atoms with van der Waals surface area (Å²) in [7, 11) is 0. The lowest BCUT2D eigenvalue weighted by molar-refractivity contribution is -0.141. The molecule has 92 valence electrons. The van der Waals surface area contributed by atoms with E-state index in [0.29, 0.717) is 10.9 Å². The first-order valence-corrected chi connectivity index (χ1v) is 5.22. The maximum Gasteiger partial charge on any atom is 0.431 e. The maximum absolute atomic E-state index is 12.8. The largest absolute Gasteiger partial charge is 0.431 e. The summed E-state index contributed by atoms with van der Waals surface area (Å²) in [5.74, 6) is 0. The molecule has 2 nitrogen and oxygen atoms in total. The van der Waals surface area contributed by atoms with Crippen molar-refractivity contribution in [3.63, 3.8) is 0 Å². The number of alkyl halides is 3. The molecule has 0 amide bonds. The molecule has 0 bridgehead atoms. The molecular formula is C12H12F3NO. The zero-order valence-electron chi connectivity index (χ0n) is 9.23. The molecule has 0 aliphatic heterocycles. The van der Waals surface area contributed by atoms with Gasteiger partial charge in [-0.25, -0.2) is 0 Å². The molecule has 0 spiro atoms. The van der Waals surface area contributed by atoms with Crippen LogP contribution in [0.2, 0.25) is 0 Å². The van der Waals surface area contributed by atoms with Gasteiger partial charge in [0.05, 0.1) is 0 Å². The van der Waals surface area contributed by atoms with Crippen molar-refractivity contribution in [3.8, 4) is 0 Å². The molecule has 0 aliphatic carbocycles. The third-order valence-electron chi connectivity index (χ3n) is 2.71. The van der Waals surface area contributed by atoms with E-state index >= 15 is 0 Å². The van der Waals surface area contributed by atoms with E-state index in [4.69, 9.17) is 5.11 Å². The van der Waals surface area contributed by atoms with Crippen LogP contribution in [0, 0.1) is 6.92 Å². The molecule has 0 saturated carbocycles. The zero-order valence-corrected chi connectivity index (χ0v) is 9.23. The highest BCUT2D eigenvalue weighted by atomic mass is 19.4.